The molecule has 1 fully saturated rings. The van der Waals surface area contributed by atoms with Crippen molar-refractivity contribution in [2.45, 2.75) is 12.7 Å². The van der Waals surface area contributed by atoms with Crippen molar-refractivity contribution in [3.05, 3.63) is 103 Å². The van der Waals surface area contributed by atoms with Crippen molar-refractivity contribution >= 4 is 11.6 Å². The van der Waals surface area contributed by atoms with E-state index in [1.807, 2.05) is 77.6 Å². The smallest absolute Gasteiger partial charge is 0.276 e. The van der Waals surface area contributed by atoms with Gasteiger partial charge in [-0.1, -0.05) is 18.2 Å². The van der Waals surface area contributed by atoms with Crippen LogP contribution in [-0.4, -0.2) is 39.9 Å². The number of para-hydroxylation sites is 1. The van der Waals surface area contributed by atoms with E-state index in [1.165, 1.54) is 0 Å². The number of ether oxygens (including phenoxy) is 2. The third kappa shape index (κ3) is 4.57. The monoisotopic (exact) mass is 456 g/mol. The highest BCUT2D eigenvalue weighted by atomic mass is 16.5. The summed E-state index contributed by atoms with van der Waals surface area (Å²) in [7, 11) is 0. The van der Waals surface area contributed by atoms with Crippen molar-refractivity contribution in [2.24, 2.45) is 0 Å². The first-order valence-electron chi connectivity index (χ1n) is 11.0. The van der Waals surface area contributed by atoms with Crippen LogP contribution in [0.2, 0.25) is 0 Å². The normalized spacial score (nSPS) is 13.3. The van der Waals surface area contributed by atoms with Crippen molar-refractivity contribution in [2.75, 3.05) is 18.0 Å². The Morgan fingerprint density at radius 1 is 1.00 bits per heavy atom. The number of carbonyl (C=O) groups is 1. The van der Waals surface area contributed by atoms with Crippen LogP contribution >= 0.6 is 0 Å². The van der Waals surface area contributed by atoms with E-state index in [1.54, 1.807) is 23.9 Å². The summed E-state index contributed by atoms with van der Waals surface area (Å²) >= 11 is 0. The first kappa shape index (κ1) is 21.5. The summed E-state index contributed by atoms with van der Waals surface area (Å²) in [5.74, 6) is 0.984. The van der Waals surface area contributed by atoms with Gasteiger partial charge in [0.2, 0.25) is 0 Å². The quantitative estimate of drug-likeness (QED) is 0.309. The van der Waals surface area contributed by atoms with E-state index < -0.39 is 5.91 Å². The van der Waals surface area contributed by atoms with Gasteiger partial charge in [-0.3, -0.25) is 15.0 Å². The van der Waals surface area contributed by atoms with E-state index in [4.69, 9.17) is 9.47 Å². The molecule has 2 aromatic heterocycles. The van der Waals surface area contributed by atoms with Gasteiger partial charge in [0.25, 0.3) is 5.91 Å². The van der Waals surface area contributed by atoms with Crippen molar-refractivity contribution < 1.29 is 19.5 Å². The fraction of sp³-hybridized carbons (Fsp3) is 0.154. The van der Waals surface area contributed by atoms with Gasteiger partial charge >= 0.3 is 0 Å². The second-order valence-corrected chi connectivity index (χ2v) is 7.97. The van der Waals surface area contributed by atoms with Gasteiger partial charge in [-0.05, 0) is 54.1 Å². The molecule has 1 aliphatic rings. The number of carbonyl (C=O) groups excluding carboxylic acids is 1. The van der Waals surface area contributed by atoms with Crippen LogP contribution in [0, 0.1) is 0 Å². The molecule has 8 heteroatoms. The predicted molar refractivity (Wildman–Crippen MR) is 127 cm³/mol. The van der Waals surface area contributed by atoms with Crippen molar-refractivity contribution in [1.29, 1.82) is 0 Å². The summed E-state index contributed by atoms with van der Waals surface area (Å²) in [6.07, 6.45) is 7.18. The molecule has 4 aromatic rings. The Morgan fingerprint density at radius 2 is 1.79 bits per heavy atom. The molecule has 0 atom stereocenters. The zero-order valence-electron chi connectivity index (χ0n) is 18.4. The van der Waals surface area contributed by atoms with Crippen molar-refractivity contribution in [3.8, 4) is 17.2 Å². The Labute approximate surface area is 197 Å². The van der Waals surface area contributed by atoms with Crippen LogP contribution < -0.4 is 19.9 Å². The Balaban J connectivity index is 1.22. The highest BCUT2D eigenvalue weighted by Crippen LogP contribution is 2.32. The zero-order valence-corrected chi connectivity index (χ0v) is 18.4. The predicted octanol–water partition coefficient (Wildman–Crippen LogP) is 3.84. The number of pyridine rings is 1. The topological polar surface area (TPSA) is 88.8 Å². The second-order valence-electron chi connectivity index (χ2n) is 7.97. The van der Waals surface area contributed by atoms with Gasteiger partial charge in [-0.2, -0.15) is 0 Å². The SMILES string of the molecule is O=C(NO)c1cccc(N2CC(Oc3ccc(COc4cccnc4)cc3)C2)c1-n1cccc1. The van der Waals surface area contributed by atoms with Gasteiger partial charge in [-0.25, -0.2) is 5.48 Å². The van der Waals surface area contributed by atoms with Gasteiger partial charge in [0.15, 0.2) is 0 Å². The van der Waals surface area contributed by atoms with E-state index in [-0.39, 0.29) is 6.10 Å². The third-order valence-electron chi connectivity index (χ3n) is 5.68. The first-order chi connectivity index (χ1) is 16.7. The van der Waals surface area contributed by atoms with Crippen LogP contribution in [0.15, 0.2) is 91.5 Å². The van der Waals surface area contributed by atoms with Gasteiger partial charge in [-0.15, -0.1) is 0 Å². The largest absolute Gasteiger partial charge is 0.487 e. The van der Waals surface area contributed by atoms with Gasteiger partial charge in [0, 0.05) is 18.6 Å². The maximum atomic E-state index is 12.2. The molecule has 0 saturated carbocycles. The summed E-state index contributed by atoms with van der Waals surface area (Å²) < 4.78 is 13.7. The fourth-order valence-corrected chi connectivity index (χ4v) is 3.95. The molecule has 0 radical (unpaired) electrons. The molecule has 1 saturated heterocycles. The van der Waals surface area contributed by atoms with Gasteiger partial charge in [0.1, 0.15) is 24.2 Å². The number of hydrogen-bond acceptors (Lipinski definition) is 6. The molecule has 0 spiro atoms. The molecule has 34 heavy (non-hydrogen) atoms. The van der Waals surface area contributed by atoms with E-state index >= 15 is 0 Å². The number of anilines is 1. The molecule has 5 rings (SSSR count). The molecule has 8 nitrogen and oxygen atoms in total. The fourth-order valence-electron chi connectivity index (χ4n) is 3.95. The number of nitrogens with one attached hydrogen (secondary N) is 1. The van der Waals surface area contributed by atoms with Gasteiger partial charge in [0.05, 0.1) is 36.2 Å². The number of hydroxylamine groups is 1. The van der Waals surface area contributed by atoms with Crippen molar-refractivity contribution in [3.63, 3.8) is 0 Å². The summed E-state index contributed by atoms with van der Waals surface area (Å²) in [6, 6.07) is 20.8. The minimum Gasteiger partial charge on any atom is -0.487 e. The molecule has 2 N–H and O–H groups in total. The van der Waals surface area contributed by atoms with E-state index in [0.29, 0.717) is 25.3 Å². The lowest BCUT2D eigenvalue weighted by Crippen LogP contribution is -2.54. The van der Waals surface area contributed by atoms with Crippen LogP contribution in [0.3, 0.4) is 0 Å². The lowest BCUT2D eigenvalue weighted by atomic mass is 10.0. The molecule has 1 amide bonds. The van der Waals surface area contributed by atoms with E-state index in [9.17, 15) is 10.0 Å². The molecule has 1 aliphatic heterocycles. The highest BCUT2D eigenvalue weighted by molar-refractivity contribution is 5.99. The molecule has 0 bridgehead atoms. The molecule has 3 heterocycles. The average molecular weight is 457 g/mol. The Morgan fingerprint density at radius 3 is 2.50 bits per heavy atom. The van der Waals surface area contributed by atoms with Crippen LogP contribution in [0.25, 0.3) is 5.69 Å². The molecular weight excluding hydrogens is 432 g/mol. The van der Waals surface area contributed by atoms with E-state index in [0.717, 1.165) is 28.4 Å². The maximum Gasteiger partial charge on any atom is 0.276 e. The second kappa shape index (κ2) is 9.68. The number of aromatic nitrogens is 2. The minimum absolute atomic E-state index is 0.0327. The maximum absolute atomic E-state index is 12.2. The van der Waals surface area contributed by atoms with Crippen LogP contribution in [0.1, 0.15) is 15.9 Å². The zero-order chi connectivity index (χ0) is 23.3. The van der Waals surface area contributed by atoms with E-state index in [2.05, 4.69) is 9.88 Å². The highest BCUT2D eigenvalue weighted by Gasteiger charge is 2.31. The summed E-state index contributed by atoms with van der Waals surface area (Å²) in [5, 5.41) is 9.18. The Kier molecular flexibility index (Phi) is 6.13. The van der Waals surface area contributed by atoms with Crippen LogP contribution in [-0.2, 0) is 6.61 Å². The first-order valence-corrected chi connectivity index (χ1v) is 11.0. The number of benzene rings is 2. The summed E-state index contributed by atoms with van der Waals surface area (Å²) in [6.45, 7) is 1.83. The standard InChI is InChI=1S/C26H24N4O4/c31-26(28-32)23-6-3-7-24(25(23)29-13-1-2-14-29)30-16-22(17-30)34-20-10-8-19(9-11-20)18-33-21-5-4-12-27-15-21/h1-15,22,32H,16-18H2,(H,28,31). The Bertz CT molecular complexity index is 1240. The summed E-state index contributed by atoms with van der Waals surface area (Å²) in [5.41, 5.74) is 4.80. The number of rotatable bonds is 8. The Hall–Kier alpha value is -4.30. The lowest BCUT2D eigenvalue weighted by molar-refractivity contribution is 0.0706. The number of nitrogens with zero attached hydrogens (tertiary/aromatic N) is 3. The average Bonchev–Trinajstić information content (AvgIpc) is 3.40. The molecule has 0 unspecified atom stereocenters. The number of hydrogen-bond donors (Lipinski definition) is 2. The van der Waals surface area contributed by atoms with Crippen molar-refractivity contribution in [1.82, 2.24) is 15.0 Å². The summed E-state index contributed by atoms with van der Waals surface area (Å²) in [4.78, 5) is 18.4. The molecule has 0 aliphatic carbocycles. The van der Waals surface area contributed by atoms with Gasteiger partial charge < -0.3 is 18.9 Å². The van der Waals surface area contributed by atoms with Crippen LogP contribution in [0.5, 0.6) is 11.5 Å². The van der Waals surface area contributed by atoms with Crippen LogP contribution in [0.4, 0.5) is 5.69 Å². The lowest BCUT2D eigenvalue weighted by Gasteiger charge is -2.41. The third-order valence-corrected chi connectivity index (χ3v) is 5.68. The number of amides is 1. The molecular formula is C26H24N4O4. The molecule has 172 valence electrons. The minimum atomic E-state index is -0.550. The molecule has 2 aromatic carbocycles.